The van der Waals surface area contributed by atoms with E-state index in [1.807, 2.05) is 0 Å². The lowest BCUT2D eigenvalue weighted by Gasteiger charge is -2.36. The second-order valence-corrected chi connectivity index (χ2v) is 5.79. The number of hydrogen-bond donors (Lipinski definition) is 1. The summed E-state index contributed by atoms with van der Waals surface area (Å²) in [5.74, 6) is 1.06. The van der Waals surface area contributed by atoms with Crippen molar-refractivity contribution in [2.75, 3.05) is 0 Å². The summed E-state index contributed by atoms with van der Waals surface area (Å²) in [6, 6.07) is 7.70. The molecule has 1 aliphatic rings. The van der Waals surface area contributed by atoms with E-state index in [2.05, 4.69) is 39.0 Å². The van der Waals surface area contributed by atoms with Crippen LogP contribution >= 0.6 is 0 Å². The number of phenols is 1. The standard InChI is InChI=1S/C16H22O/c1-12-4-6-13(7-5-12)16(2,3)14-8-10-15(17)11-9-14/h4,8-11,13,17H,5-7H2,1-3H3. The first kappa shape index (κ1) is 12.2. The normalized spacial score (nSPS) is 21.1. The van der Waals surface area contributed by atoms with Gasteiger partial charge in [0.15, 0.2) is 0 Å². The Bertz CT molecular complexity index is 412. The summed E-state index contributed by atoms with van der Waals surface area (Å²) in [6.45, 7) is 6.86. The van der Waals surface area contributed by atoms with Crippen LogP contribution in [0.2, 0.25) is 0 Å². The quantitative estimate of drug-likeness (QED) is 0.746. The van der Waals surface area contributed by atoms with Crippen LogP contribution in [0.3, 0.4) is 0 Å². The molecule has 0 heterocycles. The lowest BCUT2D eigenvalue weighted by atomic mass is 9.68. The molecule has 2 rings (SSSR count). The maximum Gasteiger partial charge on any atom is 0.115 e. The highest BCUT2D eigenvalue weighted by Crippen LogP contribution is 2.40. The summed E-state index contributed by atoms with van der Waals surface area (Å²) < 4.78 is 0. The lowest BCUT2D eigenvalue weighted by Crippen LogP contribution is -2.29. The minimum Gasteiger partial charge on any atom is -0.508 e. The number of aromatic hydroxyl groups is 1. The predicted molar refractivity (Wildman–Crippen MR) is 72.2 cm³/mol. The van der Waals surface area contributed by atoms with Gasteiger partial charge in [-0.1, -0.05) is 37.6 Å². The van der Waals surface area contributed by atoms with Crippen molar-refractivity contribution in [2.45, 2.75) is 45.4 Å². The topological polar surface area (TPSA) is 20.2 Å². The molecule has 0 saturated carbocycles. The summed E-state index contributed by atoms with van der Waals surface area (Å²) in [6.07, 6.45) is 6.07. The van der Waals surface area contributed by atoms with Crippen LogP contribution in [0.25, 0.3) is 0 Å². The zero-order valence-electron chi connectivity index (χ0n) is 11.0. The molecule has 0 aliphatic heterocycles. The fourth-order valence-electron chi connectivity index (χ4n) is 2.75. The third-order valence-corrected chi connectivity index (χ3v) is 4.27. The summed E-state index contributed by atoms with van der Waals surface area (Å²) >= 11 is 0. The van der Waals surface area contributed by atoms with Crippen LogP contribution in [-0.4, -0.2) is 5.11 Å². The van der Waals surface area contributed by atoms with Crippen molar-refractivity contribution in [3.05, 3.63) is 41.5 Å². The molecule has 1 heteroatoms. The number of benzene rings is 1. The Balaban J connectivity index is 2.21. The van der Waals surface area contributed by atoms with Gasteiger partial charge in [-0.25, -0.2) is 0 Å². The molecule has 1 unspecified atom stereocenters. The Hall–Kier alpha value is -1.24. The SMILES string of the molecule is CC1=CCC(C(C)(C)c2ccc(O)cc2)CC1. The Morgan fingerprint density at radius 3 is 2.35 bits per heavy atom. The fourth-order valence-corrected chi connectivity index (χ4v) is 2.75. The minimum absolute atomic E-state index is 0.185. The van der Waals surface area contributed by atoms with Crippen molar-refractivity contribution >= 4 is 0 Å². The minimum atomic E-state index is 0.185. The highest BCUT2D eigenvalue weighted by molar-refractivity contribution is 5.31. The molecule has 0 fully saturated rings. The van der Waals surface area contributed by atoms with Crippen LogP contribution in [0.5, 0.6) is 5.75 Å². The Morgan fingerprint density at radius 2 is 1.82 bits per heavy atom. The van der Waals surface area contributed by atoms with E-state index in [4.69, 9.17) is 0 Å². The van der Waals surface area contributed by atoms with E-state index in [0.29, 0.717) is 11.7 Å². The van der Waals surface area contributed by atoms with Gasteiger partial charge in [-0.15, -0.1) is 0 Å². The lowest BCUT2D eigenvalue weighted by molar-refractivity contribution is 0.291. The maximum absolute atomic E-state index is 9.36. The summed E-state index contributed by atoms with van der Waals surface area (Å²) in [5, 5.41) is 9.36. The first-order valence-corrected chi connectivity index (χ1v) is 6.45. The second-order valence-electron chi connectivity index (χ2n) is 5.79. The van der Waals surface area contributed by atoms with Crippen molar-refractivity contribution in [3.63, 3.8) is 0 Å². The van der Waals surface area contributed by atoms with Gasteiger partial charge in [0.25, 0.3) is 0 Å². The zero-order valence-corrected chi connectivity index (χ0v) is 11.0. The molecular weight excluding hydrogens is 208 g/mol. The molecule has 1 aliphatic carbocycles. The predicted octanol–water partition coefficient (Wildman–Crippen LogP) is 4.42. The van der Waals surface area contributed by atoms with Gasteiger partial charge in [0.1, 0.15) is 5.75 Å². The van der Waals surface area contributed by atoms with E-state index in [1.165, 1.54) is 30.4 Å². The smallest absolute Gasteiger partial charge is 0.115 e. The van der Waals surface area contributed by atoms with Gasteiger partial charge in [0.2, 0.25) is 0 Å². The number of allylic oxidation sites excluding steroid dienone is 2. The average molecular weight is 230 g/mol. The molecule has 1 nitrogen and oxygen atoms in total. The van der Waals surface area contributed by atoms with Gasteiger partial charge < -0.3 is 5.11 Å². The van der Waals surface area contributed by atoms with E-state index < -0.39 is 0 Å². The van der Waals surface area contributed by atoms with Gasteiger partial charge in [-0.3, -0.25) is 0 Å². The summed E-state index contributed by atoms with van der Waals surface area (Å²) in [7, 11) is 0. The van der Waals surface area contributed by atoms with Crippen molar-refractivity contribution in [2.24, 2.45) is 5.92 Å². The monoisotopic (exact) mass is 230 g/mol. The highest BCUT2D eigenvalue weighted by atomic mass is 16.3. The average Bonchev–Trinajstić information content (AvgIpc) is 2.30. The van der Waals surface area contributed by atoms with Gasteiger partial charge >= 0.3 is 0 Å². The summed E-state index contributed by atoms with van der Waals surface area (Å²) in [5.41, 5.74) is 3.04. The van der Waals surface area contributed by atoms with E-state index >= 15 is 0 Å². The van der Waals surface area contributed by atoms with E-state index in [1.54, 1.807) is 12.1 Å². The molecule has 1 atom stereocenters. The number of rotatable bonds is 2. The van der Waals surface area contributed by atoms with Crippen LogP contribution in [0.4, 0.5) is 0 Å². The number of phenolic OH excluding ortho intramolecular Hbond substituents is 1. The van der Waals surface area contributed by atoms with Crippen LogP contribution in [0.15, 0.2) is 35.9 Å². The van der Waals surface area contributed by atoms with Gasteiger partial charge in [0.05, 0.1) is 0 Å². The van der Waals surface area contributed by atoms with E-state index in [9.17, 15) is 5.11 Å². The third kappa shape index (κ3) is 2.54. The van der Waals surface area contributed by atoms with Crippen LogP contribution in [0, 0.1) is 5.92 Å². The van der Waals surface area contributed by atoms with Crippen molar-refractivity contribution in [1.29, 1.82) is 0 Å². The molecule has 0 aromatic heterocycles. The summed E-state index contributed by atoms with van der Waals surface area (Å²) in [4.78, 5) is 0. The molecule has 0 spiro atoms. The molecule has 0 radical (unpaired) electrons. The molecule has 92 valence electrons. The van der Waals surface area contributed by atoms with E-state index in [-0.39, 0.29) is 5.41 Å². The molecule has 0 bridgehead atoms. The third-order valence-electron chi connectivity index (χ3n) is 4.27. The van der Waals surface area contributed by atoms with E-state index in [0.717, 1.165) is 0 Å². The molecule has 17 heavy (non-hydrogen) atoms. The molecule has 1 aromatic rings. The van der Waals surface area contributed by atoms with Gasteiger partial charge in [0, 0.05) is 0 Å². The number of hydrogen-bond acceptors (Lipinski definition) is 1. The van der Waals surface area contributed by atoms with Crippen molar-refractivity contribution in [3.8, 4) is 5.75 Å². The highest BCUT2D eigenvalue weighted by Gasteiger charge is 2.31. The first-order valence-electron chi connectivity index (χ1n) is 6.45. The second kappa shape index (κ2) is 4.56. The maximum atomic E-state index is 9.36. The molecule has 1 N–H and O–H groups in total. The zero-order chi connectivity index (χ0) is 12.5. The Kier molecular flexibility index (Phi) is 3.28. The largest absolute Gasteiger partial charge is 0.508 e. The van der Waals surface area contributed by atoms with Crippen molar-refractivity contribution in [1.82, 2.24) is 0 Å². The Morgan fingerprint density at radius 1 is 1.18 bits per heavy atom. The molecule has 0 saturated heterocycles. The van der Waals surface area contributed by atoms with Crippen LogP contribution in [0.1, 0.15) is 45.6 Å². The van der Waals surface area contributed by atoms with Crippen molar-refractivity contribution < 1.29 is 5.11 Å². The molecule has 0 amide bonds. The fraction of sp³-hybridized carbons (Fsp3) is 0.500. The first-order chi connectivity index (χ1) is 8.00. The Labute approximate surface area is 104 Å². The van der Waals surface area contributed by atoms with Gasteiger partial charge in [-0.2, -0.15) is 0 Å². The van der Waals surface area contributed by atoms with Crippen LogP contribution < -0.4 is 0 Å². The molecular formula is C16H22O. The van der Waals surface area contributed by atoms with Crippen LogP contribution in [-0.2, 0) is 5.41 Å². The molecule has 1 aromatic carbocycles. The van der Waals surface area contributed by atoms with Gasteiger partial charge in [-0.05, 0) is 55.2 Å².